The molecule has 1 fully saturated rings. The van der Waals surface area contributed by atoms with E-state index in [9.17, 15) is 4.79 Å². The first-order chi connectivity index (χ1) is 7.77. The van der Waals surface area contributed by atoms with Gasteiger partial charge < -0.3 is 10.6 Å². The van der Waals surface area contributed by atoms with E-state index < -0.39 is 0 Å². The Balaban J connectivity index is 0.00000144. The normalized spacial score (nSPS) is 22.3. The predicted octanol–water partition coefficient (Wildman–Crippen LogP) is 1.80. The van der Waals surface area contributed by atoms with Crippen LogP contribution < -0.4 is 10.6 Å². The van der Waals surface area contributed by atoms with Gasteiger partial charge in [0.05, 0.1) is 5.56 Å². The summed E-state index contributed by atoms with van der Waals surface area (Å²) in [5.41, 5.74) is 0.625. The van der Waals surface area contributed by atoms with Crippen molar-refractivity contribution in [3.05, 3.63) is 30.1 Å². The minimum Gasteiger partial charge on any atom is -0.348 e. The van der Waals surface area contributed by atoms with Crippen molar-refractivity contribution in [3.63, 3.8) is 0 Å². The van der Waals surface area contributed by atoms with Crippen LogP contribution in [0, 0.1) is 0 Å². The third-order valence-electron chi connectivity index (χ3n) is 3.00. The number of amides is 1. The summed E-state index contributed by atoms with van der Waals surface area (Å²) in [5, 5.41) is 6.40. The number of hydrogen-bond donors (Lipinski definition) is 2. The highest BCUT2D eigenvalue weighted by Gasteiger charge is 2.22. The molecule has 18 heavy (non-hydrogen) atoms. The summed E-state index contributed by atoms with van der Waals surface area (Å²) in [6.45, 7) is 3.15. The average Bonchev–Trinajstić information content (AvgIpc) is 2.33. The first-order valence-corrected chi connectivity index (χ1v) is 5.71. The first-order valence-electron chi connectivity index (χ1n) is 5.71. The number of piperidine rings is 1. The molecule has 2 rings (SSSR count). The molecular weight excluding hydrogens is 273 g/mol. The molecule has 0 bridgehead atoms. The van der Waals surface area contributed by atoms with Crippen LogP contribution in [0.3, 0.4) is 0 Å². The van der Waals surface area contributed by atoms with E-state index in [1.807, 2.05) is 0 Å². The fourth-order valence-electron chi connectivity index (χ4n) is 1.99. The smallest absolute Gasteiger partial charge is 0.253 e. The minimum absolute atomic E-state index is 0. The molecule has 6 heteroatoms. The van der Waals surface area contributed by atoms with E-state index in [-0.39, 0.29) is 36.8 Å². The molecule has 1 saturated heterocycles. The lowest BCUT2D eigenvalue weighted by molar-refractivity contribution is 0.0919. The summed E-state index contributed by atoms with van der Waals surface area (Å²) in [4.78, 5) is 15.8. The van der Waals surface area contributed by atoms with Crippen molar-refractivity contribution in [2.45, 2.75) is 31.8 Å². The van der Waals surface area contributed by atoms with Crippen molar-refractivity contribution in [1.29, 1.82) is 0 Å². The summed E-state index contributed by atoms with van der Waals surface area (Å²) in [5.74, 6) is -0.0337. The number of nitrogens with one attached hydrogen (secondary N) is 2. The zero-order valence-corrected chi connectivity index (χ0v) is 11.9. The molecule has 1 aliphatic heterocycles. The van der Waals surface area contributed by atoms with Gasteiger partial charge in [0.2, 0.25) is 0 Å². The molecule has 0 aromatic carbocycles. The third-order valence-corrected chi connectivity index (χ3v) is 3.00. The monoisotopic (exact) mass is 291 g/mol. The van der Waals surface area contributed by atoms with E-state index >= 15 is 0 Å². The fraction of sp³-hybridized carbons (Fsp3) is 0.500. The van der Waals surface area contributed by atoms with E-state index in [1.54, 1.807) is 24.5 Å². The molecule has 1 aliphatic rings. The number of rotatable bonds is 2. The second-order valence-corrected chi connectivity index (χ2v) is 4.21. The topological polar surface area (TPSA) is 54.0 Å². The zero-order chi connectivity index (χ0) is 11.4. The lowest BCUT2D eigenvalue weighted by Crippen LogP contribution is -2.51. The molecule has 0 aliphatic carbocycles. The zero-order valence-electron chi connectivity index (χ0n) is 10.3. The van der Waals surface area contributed by atoms with Crippen LogP contribution in [0.4, 0.5) is 0 Å². The van der Waals surface area contributed by atoms with E-state index in [4.69, 9.17) is 0 Å². The Labute approximate surface area is 120 Å². The Bertz CT molecular complexity index is 362. The molecule has 0 saturated carbocycles. The van der Waals surface area contributed by atoms with Gasteiger partial charge in [0.1, 0.15) is 0 Å². The molecular formula is C12H19Cl2N3O. The highest BCUT2D eigenvalue weighted by atomic mass is 35.5. The lowest BCUT2D eigenvalue weighted by atomic mass is 9.99. The molecule has 1 aromatic heterocycles. The number of aromatic nitrogens is 1. The van der Waals surface area contributed by atoms with Crippen molar-refractivity contribution in [3.8, 4) is 0 Å². The number of carbonyl (C=O) groups excluding carboxylic acids is 1. The summed E-state index contributed by atoms with van der Waals surface area (Å²) >= 11 is 0. The van der Waals surface area contributed by atoms with Gasteiger partial charge in [-0.2, -0.15) is 0 Å². The molecule has 2 unspecified atom stereocenters. The quantitative estimate of drug-likeness (QED) is 0.874. The maximum atomic E-state index is 11.9. The van der Waals surface area contributed by atoms with Crippen LogP contribution in [0.15, 0.2) is 24.5 Å². The van der Waals surface area contributed by atoms with Crippen LogP contribution in [-0.2, 0) is 0 Å². The van der Waals surface area contributed by atoms with Gasteiger partial charge in [-0.3, -0.25) is 9.78 Å². The van der Waals surface area contributed by atoms with Gasteiger partial charge >= 0.3 is 0 Å². The van der Waals surface area contributed by atoms with E-state index in [0.29, 0.717) is 11.6 Å². The van der Waals surface area contributed by atoms with Crippen LogP contribution in [-0.4, -0.2) is 29.5 Å². The highest BCUT2D eigenvalue weighted by Crippen LogP contribution is 2.09. The number of halogens is 2. The minimum atomic E-state index is -0.0337. The maximum Gasteiger partial charge on any atom is 0.253 e. The first kappa shape index (κ1) is 17.2. The molecule has 102 valence electrons. The van der Waals surface area contributed by atoms with Gasteiger partial charge in [-0.25, -0.2) is 0 Å². The van der Waals surface area contributed by atoms with Crippen molar-refractivity contribution in [2.24, 2.45) is 0 Å². The Morgan fingerprint density at radius 2 is 2.28 bits per heavy atom. The number of carbonyl (C=O) groups is 1. The SMILES string of the molecule is CC1NCCCC1NC(=O)c1cccnc1.Cl.Cl. The molecule has 0 radical (unpaired) electrons. The van der Waals surface area contributed by atoms with Crippen LogP contribution >= 0.6 is 24.8 Å². The standard InChI is InChI=1S/C12H17N3O.2ClH/c1-9-11(5-3-7-14-9)15-12(16)10-4-2-6-13-8-10;;/h2,4,6,8-9,11,14H,3,5,7H2,1H3,(H,15,16);2*1H. The van der Waals surface area contributed by atoms with Gasteiger partial charge in [-0.1, -0.05) is 0 Å². The predicted molar refractivity (Wildman–Crippen MR) is 76.7 cm³/mol. The molecule has 2 N–H and O–H groups in total. The average molecular weight is 292 g/mol. The van der Waals surface area contributed by atoms with Gasteiger partial charge in [-0.15, -0.1) is 24.8 Å². The van der Waals surface area contributed by atoms with E-state index in [0.717, 1.165) is 19.4 Å². The number of hydrogen-bond acceptors (Lipinski definition) is 3. The summed E-state index contributed by atoms with van der Waals surface area (Å²) in [7, 11) is 0. The Morgan fingerprint density at radius 3 is 2.89 bits per heavy atom. The largest absolute Gasteiger partial charge is 0.348 e. The lowest BCUT2D eigenvalue weighted by Gasteiger charge is -2.30. The fourth-order valence-corrected chi connectivity index (χ4v) is 1.99. The van der Waals surface area contributed by atoms with Crippen molar-refractivity contribution >= 4 is 30.7 Å². The molecule has 1 amide bonds. The third kappa shape index (κ3) is 4.44. The Morgan fingerprint density at radius 1 is 1.50 bits per heavy atom. The molecule has 4 nitrogen and oxygen atoms in total. The van der Waals surface area contributed by atoms with Crippen LogP contribution in [0.5, 0.6) is 0 Å². The van der Waals surface area contributed by atoms with Crippen LogP contribution in [0.2, 0.25) is 0 Å². The highest BCUT2D eigenvalue weighted by molar-refractivity contribution is 5.94. The van der Waals surface area contributed by atoms with Gasteiger partial charge in [0.15, 0.2) is 0 Å². The second-order valence-electron chi connectivity index (χ2n) is 4.21. The maximum absolute atomic E-state index is 11.9. The molecule has 0 spiro atoms. The second kappa shape index (κ2) is 8.29. The van der Waals surface area contributed by atoms with Crippen LogP contribution in [0.1, 0.15) is 30.1 Å². The van der Waals surface area contributed by atoms with Gasteiger partial charge in [0.25, 0.3) is 5.91 Å². The van der Waals surface area contributed by atoms with Crippen molar-refractivity contribution < 1.29 is 4.79 Å². The summed E-state index contributed by atoms with van der Waals surface area (Å²) < 4.78 is 0. The van der Waals surface area contributed by atoms with Crippen molar-refractivity contribution in [2.75, 3.05) is 6.54 Å². The Kier molecular flexibility index (Phi) is 7.91. The molecule has 1 aromatic rings. The number of pyridine rings is 1. The molecule has 2 heterocycles. The summed E-state index contributed by atoms with van der Waals surface area (Å²) in [6.07, 6.45) is 5.42. The van der Waals surface area contributed by atoms with Crippen LogP contribution in [0.25, 0.3) is 0 Å². The summed E-state index contributed by atoms with van der Waals surface area (Å²) in [6, 6.07) is 4.12. The van der Waals surface area contributed by atoms with E-state index in [2.05, 4.69) is 22.5 Å². The molecule has 2 atom stereocenters. The van der Waals surface area contributed by atoms with Gasteiger partial charge in [-0.05, 0) is 38.4 Å². The van der Waals surface area contributed by atoms with Crippen molar-refractivity contribution in [1.82, 2.24) is 15.6 Å². The Hall–Kier alpha value is -0.840. The van der Waals surface area contributed by atoms with Gasteiger partial charge in [0, 0.05) is 24.5 Å². The number of nitrogens with zero attached hydrogens (tertiary/aromatic N) is 1. The van der Waals surface area contributed by atoms with E-state index in [1.165, 1.54) is 0 Å².